The molecule has 1 aromatic carbocycles. The lowest BCUT2D eigenvalue weighted by Crippen LogP contribution is -2.54. The highest BCUT2D eigenvalue weighted by atomic mass is 19.1. The molecule has 1 atom stereocenters. The number of nitrogens with zero attached hydrogens (tertiary/aromatic N) is 4. The highest BCUT2D eigenvalue weighted by molar-refractivity contribution is 6.16. The molecule has 2 aromatic rings. The maximum absolute atomic E-state index is 13.1. The summed E-state index contributed by atoms with van der Waals surface area (Å²) in [4.78, 5) is 31.6. The maximum Gasteiger partial charge on any atom is 0.501 e. The van der Waals surface area contributed by atoms with Crippen LogP contribution in [0.15, 0.2) is 53.1 Å². The standard InChI is InChI=1S/C22H22FN4O3/c1-2-3-6-13-26-21(28)17-7-4-5-8-18(17)27(22(26)29)14-19-24-20(25-30-19)15-9-11-16(23)12-10-15/h4-5,7-12,17H,2-3,6,13-14H2,1H3/q+1. The lowest BCUT2D eigenvalue weighted by Gasteiger charge is -2.26. The van der Waals surface area contributed by atoms with Gasteiger partial charge >= 0.3 is 11.9 Å². The van der Waals surface area contributed by atoms with Crippen LogP contribution >= 0.6 is 0 Å². The van der Waals surface area contributed by atoms with E-state index < -0.39 is 5.92 Å². The van der Waals surface area contributed by atoms with E-state index >= 15 is 0 Å². The van der Waals surface area contributed by atoms with Crippen LogP contribution in [0, 0.1) is 11.7 Å². The SMILES string of the molecule is CCCCCN1C(=O)C2C=CC=CC2=[N+](Cc2nc(-c3ccc(F)cc3)no2)C1=O. The number of allylic oxidation sites excluding steroid dienone is 3. The van der Waals surface area contributed by atoms with Gasteiger partial charge in [-0.1, -0.05) is 36.7 Å². The molecule has 0 fully saturated rings. The summed E-state index contributed by atoms with van der Waals surface area (Å²) in [6.07, 6.45) is 9.87. The molecule has 0 spiro atoms. The minimum Gasteiger partial charge on any atom is -0.335 e. The number of imide groups is 1. The quantitative estimate of drug-likeness (QED) is 0.514. The van der Waals surface area contributed by atoms with E-state index in [0.717, 1.165) is 19.3 Å². The van der Waals surface area contributed by atoms with Gasteiger partial charge in [0.2, 0.25) is 5.82 Å². The number of unbranched alkanes of at least 4 members (excludes halogenated alkanes) is 2. The number of amides is 3. The lowest BCUT2D eigenvalue weighted by molar-refractivity contribution is -0.460. The Bertz CT molecular complexity index is 1050. The molecule has 2 heterocycles. The Morgan fingerprint density at radius 1 is 1.17 bits per heavy atom. The van der Waals surface area contributed by atoms with Crippen LogP contribution < -0.4 is 0 Å². The van der Waals surface area contributed by atoms with Gasteiger partial charge in [-0.3, -0.25) is 0 Å². The van der Waals surface area contributed by atoms with E-state index in [9.17, 15) is 14.0 Å². The third-order valence-electron chi connectivity index (χ3n) is 5.16. The van der Waals surface area contributed by atoms with E-state index in [1.54, 1.807) is 30.4 Å². The lowest BCUT2D eigenvalue weighted by atomic mass is 9.94. The van der Waals surface area contributed by atoms with Crippen molar-refractivity contribution in [3.63, 3.8) is 0 Å². The number of carbonyl (C=O) groups is 2. The summed E-state index contributed by atoms with van der Waals surface area (Å²) in [5.41, 5.74) is 1.21. The summed E-state index contributed by atoms with van der Waals surface area (Å²) in [6, 6.07) is 5.37. The summed E-state index contributed by atoms with van der Waals surface area (Å²) in [6.45, 7) is 2.50. The van der Waals surface area contributed by atoms with Crippen molar-refractivity contribution in [3.05, 3.63) is 60.3 Å². The Hall–Kier alpha value is -3.42. The Balaban J connectivity index is 1.62. The van der Waals surface area contributed by atoms with Gasteiger partial charge in [-0.05, 0) is 43.2 Å². The first-order chi connectivity index (χ1) is 14.6. The molecule has 2 aliphatic rings. The maximum atomic E-state index is 13.1. The van der Waals surface area contributed by atoms with Crippen LogP contribution in [0.3, 0.4) is 0 Å². The van der Waals surface area contributed by atoms with E-state index in [1.807, 2.05) is 6.08 Å². The number of aromatic nitrogens is 2. The molecular formula is C22H22FN4O3+. The summed E-state index contributed by atoms with van der Waals surface area (Å²) in [5, 5.41) is 3.94. The van der Waals surface area contributed by atoms with Crippen LogP contribution in [0.4, 0.5) is 9.18 Å². The molecule has 8 heteroatoms. The second kappa shape index (κ2) is 8.52. The zero-order valence-corrected chi connectivity index (χ0v) is 16.6. The van der Waals surface area contributed by atoms with Crippen LogP contribution in [0.2, 0.25) is 0 Å². The fourth-order valence-electron chi connectivity index (χ4n) is 3.57. The molecule has 1 aliphatic carbocycles. The Labute approximate surface area is 173 Å². The van der Waals surface area contributed by atoms with Crippen LogP contribution in [0.25, 0.3) is 11.4 Å². The number of halogens is 1. The van der Waals surface area contributed by atoms with Crippen molar-refractivity contribution in [2.75, 3.05) is 6.54 Å². The first kappa shape index (κ1) is 19.9. The largest absolute Gasteiger partial charge is 0.501 e. The van der Waals surface area contributed by atoms with Crippen molar-refractivity contribution >= 4 is 17.6 Å². The van der Waals surface area contributed by atoms with E-state index in [0.29, 0.717) is 23.6 Å². The average Bonchev–Trinajstić information content (AvgIpc) is 3.23. The predicted molar refractivity (Wildman–Crippen MR) is 107 cm³/mol. The van der Waals surface area contributed by atoms with Gasteiger partial charge in [-0.2, -0.15) is 19.3 Å². The second-order valence-corrected chi connectivity index (χ2v) is 7.23. The molecule has 1 aromatic heterocycles. The molecule has 1 unspecified atom stereocenters. The van der Waals surface area contributed by atoms with Crippen LogP contribution in [0.5, 0.6) is 0 Å². The number of fused-ring (bicyclic) bond motifs is 1. The van der Waals surface area contributed by atoms with Gasteiger partial charge in [-0.15, -0.1) is 0 Å². The third kappa shape index (κ3) is 3.85. The van der Waals surface area contributed by atoms with E-state index in [4.69, 9.17) is 4.52 Å². The number of hydrogen-bond donors (Lipinski definition) is 0. The highest BCUT2D eigenvalue weighted by Crippen LogP contribution is 2.22. The second-order valence-electron chi connectivity index (χ2n) is 7.23. The molecule has 7 nitrogen and oxygen atoms in total. The first-order valence-electron chi connectivity index (χ1n) is 10.0. The van der Waals surface area contributed by atoms with Crippen molar-refractivity contribution in [3.8, 4) is 11.4 Å². The first-order valence-corrected chi connectivity index (χ1v) is 10.0. The molecule has 0 saturated carbocycles. The van der Waals surface area contributed by atoms with Gasteiger partial charge in [-0.25, -0.2) is 9.18 Å². The van der Waals surface area contributed by atoms with Gasteiger partial charge in [0, 0.05) is 5.56 Å². The minimum atomic E-state index is -0.506. The van der Waals surface area contributed by atoms with Crippen molar-refractivity contribution in [1.82, 2.24) is 15.0 Å². The topological polar surface area (TPSA) is 79.3 Å². The number of urea groups is 1. The Kier molecular flexibility index (Phi) is 5.65. The molecule has 3 amide bonds. The smallest absolute Gasteiger partial charge is 0.335 e. The van der Waals surface area contributed by atoms with Gasteiger partial charge in [0.05, 0.1) is 6.54 Å². The highest BCUT2D eigenvalue weighted by Gasteiger charge is 2.46. The molecule has 30 heavy (non-hydrogen) atoms. The van der Waals surface area contributed by atoms with Gasteiger partial charge in [0.15, 0.2) is 6.54 Å². The van der Waals surface area contributed by atoms with Crippen LogP contribution in [0.1, 0.15) is 32.1 Å². The van der Waals surface area contributed by atoms with Crippen molar-refractivity contribution in [1.29, 1.82) is 0 Å². The number of benzene rings is 1. The molecule has 0 N–H and O–H groups in total. The van der Waals surface area contributed by atoms with Gasteiger partial charge in [0.25, 0.3) is 5.89 Å². The van der Waals surface area contributed by atoms with Crippen molar-refractivity contribution in [2.24, 2.45) is 5.92 Å². The molecule has 0 radical (unpaired) electrons. The summed E-state index contributed by atoms with van der Waals surface area (Å²) in [7, 11) is 0. The van der Waals surface area contributed by atoms with Crippen LogP contribution in [-0.4, -0.2) is 43.8 Å². The van der Waals surface area contributed by atoms with Gasteiger partial charge < -0.3 is 4.52 Å². The minimum absolute atomic E-state index is 0.0502. The Morgan fingerprint density at radius 3 is 2.73 bits per heavy atom. The fraction of sp³-hybridized carbons (Fsp3) is 0.318. The summed E-state index contributed by atoms with van der Waals surface area (Å²) >= 11 is 0. The van der Waals surface area contributed by atoms with E-state index in [-0.39, 0.29) is 30.2 Å². The zero-order chi connectivity index (χ0) is 21.1. The van der Waals surface area contributed by atoms with E-state index in [2.05, 4.69) is 17.1 Å². The van der Waals surface area contributed by atoms with Crippen LogP contribution in [-0.2, 0) is 11.3 Å². The zero-order valence-electron chi connectivity index (χ0n) is 16.6. The number of rotatable bonds is 7. The summed E-state index contributed by atoms with van der Waals surface area (Å²) in [5.74, 6) is -0.520. The molecule has 4 rings (SSSR count). The number of hydrogen-bond acceptors (Lipinski definition) is 5. The van der Waals surface area contributed by atoms with E-state index in [1.165, 1.54) is 21.6 Å². The molecule has 1 aliphatic heterocycles. The third-order valence-corrected chi connectivity index (χ3v) is 5.16. The number of carbonyl (C=O) groups excluding carboxylic acids is 2. The summed E-state index contributed by atoms with van der Waals surface area (Å²) < 4.78 is 20.0. The fourth-order valence-corrected chi connectivity index (χ4v) is 3.57. The van der Waals surface area contributed by atoms with Crippen molar-refractivity contribution < 1.29 is 23.1 Å². The Morgan fingerprint density at radius 2 is 1.97 bits per heavy atom. The average molecular weight is 409 g/mol. The molecule has 154 valence electrons. The van der Waals surface area contributed by atoms with Gasteiger partial charge in [0.1, 0.15) is 17.4 Å². The molecular weight excluding hydrogens is 387 g/mol. The molecule has 0 bridgehead atoms. The van der Waals surface area contributed by atoms with Crippen molar-refractivity contribution in [2.45, 2.75) is 32.7 Å². The normalized spacial score (nSPS) is 18.3. The monoisotopic (exact) mass is 409 g/mol. The molecule has 0 saturated heterocycles. The predicted octanol–water partition coefficient (Wildman–Crippen LogP) is 3.72.